The number of carbonyl (C=O) groups excluding carboxylic acids is 1. The number of hydrogen-bond acceptors (Lipinski definition) is 5. The third-order valence-corrected chi connectivity index (χ3v) is 3.92. The van der Waals surface area contributed by atoms with Crippen LogP contribution < -0.4 is 0 Å². The Bertz CT molecular complexity index is 515. The Morgan fingerprint density at radius 3 is 2.79 bits per heavy atom. The average molecular weight is 333 g/mol. The summed E-state index contributed by atoms with van der Waals surface area (Å²) in [5, 5.41) is 3.83. The van der Waals surface area contributed by atoms with Crippen molar-refractivity contribution in [1.82, 2.24) is 0 Å². The molecule has 132 valence electrons. The number of ether oxygens (including phenoxy) is 2. The van der Waals surface area contributed by atoms with E-state index in [0.29, 0.717) is 25.3 Å². The van der Waals surface area contributed by atoms with Gasteiger partial charge in [-0.2, -0.15) is 0 Å². The molecule has 0 aliphatic carbocycles. The average Bonchev–Trinajstić information content (AvgIpc) is 3.07. The number of carbonyl (C=O) groups is 1. The van der Waals surface area contributed by atoms with Crippen LogP contribution in [0.25, 0.3) is 0 Å². The highest BCUT2D eigenvalue weighted by atomic mass is 16.6. The van der Waals surface area contributed by atoms with E-state index in [1.54, 1.807) is 6.92 Å². The summed E-state index contributed by atoms with van der Waals surface area (Å²) in [6, 6.07) is 10.2. The minimum absolute atomic E-state index is 0.0266. The molecule has 2 rings (SSSR count). The first-order valence-corrected chi connectivity index (χ1v) is 8.81. The van der Waals surface area contributed by atoms with Crippen LogP contribution in [0, 0.1) is 0 Å². The van der Waals surface area contributed by atoms with E-state index in [-0.39, 0.29) is 12.1 Å². The second-order valence-corrected chi connectivity index (χ2v) is 5.93. The zero-order valence-corrected chi connectivity index (χ0v) is 14.4. The highest BCUT2D eigenvalue weighted by molar-refractivity contribution is 6.36. The summed E-state index contributed by atoms with van der Waals surface area (Å²) < 4.78 is 10.6. The molecule has 1 aromatic rings. The summed E-state index contributed by atoms with van der Waals surface area (Å²) in [5.41, 5.74) is 1.63. The van der Waals surface area contributed by atoms with Gasteiger partial charge < -0.3 is 14.3 Å². The maximum Gasteiger partial charge on any atom is 0.356 e. The van der Waals surface area contributed by atoms with Gasteiger partial charge in [-0.05, 0) is 31.7 Å². The van der Waals surface area contributed by atoms with Crippen molar-refractivity contribution in [2.24, 2.45) is 5.16 Å². The first-order valence-electron chi connectivity index (χ1n) is 8.81. The molecule has 0 aromatic heterocycles. The summed E-state index contributed by atoms with van der Waals surface area (Å²) in [7, 11) is 0. The molecule has 24 heavy (non-hydrogen) atoms. The molecule has 0 spiro atoms. The van der Waals surface area contributed by atoms with Crippen LogP contribution in [-0.2, 0) is 25.7 Å². The highest BCUT2D eigenvalue weighted by Crippen LogP contribution is 2.18. The highest BCUT2D eigenvalue weighted by Gasteiger charge is 2.26. The van der Waals surface area contributed by atoms with E-state index in [9.17, 15) is 4.79 Å². The number of rotatable bonds is 11. The van der Waals surface area contributed by atoms with Gasteiger partial charge in [0.1, 0.15) is 6.10 Å². The molecule has 1 aliphatic heterocycles. The van der Waals surface area contributed by atoms with Gasteiger partial charge in [0.15, 0.2) is 5.71 Å². The fraction of sp³-hybridized carbons (Fsp3) is 0.579. The molecule has 0 amide bonds. The Kier molecular flexibility index (Phi) is 8.32. The van der Waals surface area contributed by atoms with E-state index in [4.69, 9.17) is 14.3 Å². The van der Waals surface area contributed by atoms with E-state index in [1.165, 1.54) is 5.56 Å². The van der Waals surface area contributed by atoms with Gasteiger partial charge in [0.25, 0.3) is 0 Å². The molecule has 0 saturated heterocycles. The van der Waals surface area contributed by atoms with Crippen LogP contribution >= 0.6 is 0 Å². The van der Waals surface area contributed by atoms with E-state index in [0.717, 1.165) is 38.7 Å². The minimum Gasteiger partial charge on any atom is -0.461 e. The molecular weight excluding hydrogens is 306 g/mol. The standard InChI is InChI=1S/C19H27NO4/c1-2-23-19(21)18-14-17(24-20-18)12-8-3-4-9-13-22-15-16-10-6-5-7-11-16/h5-7,10-11,17H,2-4,8-9,12-15H2,1H3. The van der Waals surface area contributed by atoms with E-state index >= 15 is 0 Å². The Morgan fingerprint density at radius 1 is 1.21 bits per heavy atom. The smallest absolute Gasteiger partial charge is 0.356 e. The van der Waals surface area contributed by atoms with Crippen LogP contribution in [0.3, 0.4) is 0 Å². The van der Waals surface area contributed by atoms with Gasteiger partial charge in [0, 0.05) is 13.0 Å². The van der Waals surface area contributed by atoms with Gasteiger partial charge in [0.05, 0.1) is 13.2 Å². The number of unbranched alkanes of at least 4 members (excludes halogenated alkanes) is 3. The lowest BCUT2D eigenvalue weighted by Crippen LogP contribution is -2.18. The van der Waals surface area contributed by atoms with Gasteiger partial charge in [-0.15, -0.1) is 0 Å². The van der Waals surface area contributed by atoms with E-state index in [1.807, 2.05) is 18.2 Å². The molecular formula is C19H27NO4. The maximum absolute atomic E-state index is 11.5. The van der Waals surface area contributed by atoms with Gasteiger partial charge in [-0.3, -0.25) is 0 Å². The fourth-order valence-corrected chi connectivity index (χ4v) is 2.61. The second kappa shape index (κ2) is 10.8. The summed E-state index contributed by atoms with van der Waals surface area (Å²) in [4.78, 5) is 16.8. The molecule has 1 unspecified atom stereocenters. The molecule has 0 N–H and O–H groups in total. The van der Waals surface area contributed by atoms with Crippen LogP contribution in [0.4, 0.5) is 0 Å². The van der Waals surface area contributed by atoms with Crippen molar-refractivity contribution in [1.29, 1.82) is 0 Å². The van der Waals surface area contributed by atoms with Crippen molar-refractivity contribution in [2.45, 2.75) is 58.2 Å². The molecule has 0 saturated carbocycles. The van der Waals surface area contributed by atoms with Crippen molar-refractivity contribution in [3.8, 4) is 0 Å². The van der Waals surface area contributed by atoms with Gasteiger partial charge in [0.2, 0.25) is 0 Å². The monoisotopic (exact) mass is 333 g/mol. The second-order valence-electron chi connectivity index (χ2n) is 5.93. The van der Waals surface area contributed by atoms with Crippen molar-refractivity contribution < 1.29 is 19.1 Å². The molecule has 1 aliphatic rings. The molecule has 1 heterocycles. The topological polar surface area (TPSA) is 57.1 Å². The van der Waals surface area contributed by atoms with Crippen LogP contribution in [0.15, 0.2) is 35.5 Å². The first kappa shape index (κ1) is 18.5. The first-order chi connectivity index (χ1) is 11.8. The summed E-state index contributed by atoms with van der Waals surface area (Å²) in [6.45, 7) is 3.64. The predicted octanol–water partition coefficient (Wildman–Crippen LogP) is 3.86. The molecule has 0 radical (unpaired) electrons. The number of nitrogens with zero attached hydrogens (tertiary/aromatic N) is 1. The summed E-state index contributed by atoms with van der Waals surface area (Å²) in [6.07, 6.45) is 5.96. The lowest BCUT2D eigenvalue weighted by atomic mass is 10.1. The van der Waals surface area contributed by atoms with Crippen molar-refractivity contribution >= 4 is 11.7 Å². The summed E-state index contributed by atoms with van der Waals surface area (Å²) in [5.74, 6) is -0.351. The maximum atomic E-state index is 11.5. The van der Waals surface area contributed by atoms with Crippen molar-refractivity contribution in [3.05, 3.63) is 35.9 Å². The van der Waals surface area contributed by atoms with Crippen LogP contribution in [0.5, 0.6) is 0 Å². The van der Waals surface area contributed by atoms with Gasteiger partial charge >= 0.3 is 5.97 Å². The van der Waals surface area contributed by atoms with Crippen molar-refractivity contribution in [2.75, 3.05) is 13.2 Å². The lowest BCUT2D eigenvalue weighted by Gasteiger charge is -2.08. The largest absolute Gasteiger partial charge is 0.461 e. The molecule has 1 atom stereocenters. The molecule has 5 heteroatoms. The predicted molar refractivity (Wildman–Crippen MR) is 92.7 cm³/mol. The number of oxime groups is 1. The Labute approximate surface area is 144 Å². The van der Waals surface area contributed by atoms with Crippen LogP contribution in [-0.4, -0.2) is 31.0 Å². The summed E-state index contributed by atoms with van der Waals surface area (Å²) >= 11 is 0. The quantitative estimate of drug-likeness (QED) is 0.456. The fourth-order valence-electron chi connectivity index (χ4n) is 2.61. The van der Waals surface area contributed by atoms with E-state index < -0.39 is 0 Å². The number of benzene rings is 1. The molecule has 1 aromatic carbocycles. The molecule has 5 nitrogen and oxygen atoms in total. The van der Waals surface area contributed by atoms with E-state index in [2.05, 4.69) is 17.3 Å². The van der Waals surface area contributed by atoms with Gasteiger partial charge in [-0.25, -0.2) is 4.79 Å². The van der Waals surface area contributed by atoms with Crippen LogP contribution in [0.2, 0.25) is 0 Å². The molecule has 0 fully saturated rings. The van der Waals surface area contributed by atoms with Crippen LogP contribution in [0.1, 0.15) is 51.0 Å². The van der Waals surface area contributed by atoms with Gasteiger partial charge in [-0.1, -0.05) is 48.3 Å². The third-order valence-electron chi connectivity index (χ3n) is 3.92. The minimum atomic E-state index is -0.351. The SMILES string of the molecule is CCOC(=O)C1=NOC(CCCCCCOCc2ccccc2)C1. The third kappa shape index (κ3) is 6.71. The number of hydrogen-bond donors (Lipinski definition) is 0. The Morgan fingerprint density at radius 2 is 2.00 bits per heavy atom. The zero-order valence-electron chi connectivity index (χ0n) is 14.4. The molecule has 0 bridgehead atoms. The zero-order chi connectivity index (χ0) is 17.0. The van der Waals surface area contributed by atoms with Crippen molar-refractivity contribution in [3.63, 3.8) is 0 Å². The number of esters is 1. The Balaban J connectivity index is 1.43. The normalized spacial score (nSPS) is 16.5. The lowest BCUT2D eigenvalue weighted by molar-refractivity contribution is -0.135. The Hall–Kier alpha value is -1.88.